The van der Waals surface area contributed by atoms with Gasteiger partial charge in [0.15, 0.2) is 0 Å². The SMILES string of the molecule is Cc1nc2cc(C(=O)OCc3ccc(Br)cc3)ccc2n1-c1ccccc1. The maximum atomic E-state index is 12.4. The third kappa shape index (κ3) is 3.64. The summed E-state index contributed by atoms with van der Waals surface area (Å²) in [6, 6.07) is 23.2. The first-order valence-electron chi connectivity index (χ1n) is 8.58. The van der Waals surface area contributed by atoms with Crippen molar-refractivity contribution in [3.8, 4) is 5.69 Å². The Morgan fingerprint density at radius 3 is 2.52 bits per heavy atom. The van der Waals surface area contributed by atoms with Gasteiger partial charge in [0.1, 0.15) is 12.4 Å². The monoisotopic (exact) mass is 420 g/mol. The van der Waals surface area contributed by atoms with Gasteiger partial charge in [-0.15, -0.1) is 0 Å². The first-order valence-corrected chi connectivity index (χ1v) is 9.37. The Morgan fingerprint density at radius 1 is 1.04 bits per heavy atom. The molecule has 0 aliphatic carbocycles. The molecular formula is C22H17BrN2O2. The largest absolute Gasteiger partial charge is 0.457 e. The van der Waals surface area contributed by atoms with Gasteiger partial charge in [0.25, 0.3) is 0 Å². The number of benzene rings is 3. The number of hydrogen-bond donors (Lipinski definition) is 0. The van der Waals surface area contributed by atoms with Crippen LogP contribution in [0.2, 0.25) is 0 Å². The predicted molar refractivity (Wildman–Crippen MR) is 109 cm³/mol. The summed E-state index contributed by atoms with van der Waals surface area (Å²) in [6.45, 7) is 2.19. The van der Waals surface area contributed by atoms with E-state index < -0.39 is 0 Å². The third-order valence-corrected chi connectivity index (χ3v) is 4.88. The number of fused-ring (bicyclic) bond motifs is 1. The van der Waals surface area contributed by atoms with Crippen molar-refractivity contribution >= 4 is 32.9 Å². The van der Waals surface area contributed by atoms with E-state index >= 15 is 0 Å². The van der Waals surface area contributed by atoms with E-state index in [0.29, 0.717) is 5.56 Å². The number of ether oxygens (including phenoxy) is 1. The van der Waals surface area contributed by atoms with Crippen molar-refractivity contribution in [2.75, 3.05) is 0 Å². The lowest BCUT2D eigenvalue weighted by Crippen LogP contribution is -2.05. The zero-order chi connectivity index (χ0) is 18.8. The summed E-state index contributed by atoms with van der Waals surface area (Å²) < 4.78 is 8.50. The molecule has 0 spiro atoms. The quantitative estimate of drug-likeness (QED) is 0.412. The molecule has 0 fully saturated rings. The molecule has 0 atom stereocenters. The van der Waals surface area contributed by atoms with Crippen molar-refractivity contribution in [3.63, 3.8) is 0 Å². The van der Waals surface area contributed by atoms with Crippen molar-refractivity contribution in [1.29, 1.82) is 0 Å². The molecule has 1 aromatic heterocycles. The first kappa shape index (κ1) is 17.5. The van der Waals surface area contributed by atoms with E-state index in [0.717, 1.165) is 32.6 Å². The van der Waals surface area contributed by atoms with Crippen LogP contribution in [0.4, 0.5) is 0 Å². The van der Waals surface area contributed by atoms with E-state index in [1.165, 1.54) is 0 Å². The Bertz CT molecular complexity index is 1100. The fourth-order valence-corrected chi connectivity index (χ4v) is 3.31. The number of halogens is 1. The third-order valence-electron chi connectivity index (χ3n) is 4.36. The molecule has 0 bridgehead atoms. The molecule has 4 rings (SSSR count). The van der Waals surface area contributed by atoms with Gasteiger partial charge in [-0.3, -0.25) is 4.57 Å². The number of imidazole rings is 1. The summed E-state index contributed by atoms with van der Waals surface area (Å²) in [5.41, 5.74) is 4.22. The van der Waals surface area contributed by atoms with Crippen molar-refractivity contribution in [2.24, 2.45) is 0 Å². The molecule has 0 saturated carbocycles. The molecule has 27 heavy (non-hydrogen) atoms. The van der Waals surface area contributed by atoms with E-state index in [2.05, 4.69) is 25.5 Å². The van der Waals surface area contributed by atoms with Crippen LogP contribution in [0.3, 0.4) is 0 Å². The lowest BCUT2D eigenvalue weighted by atomic mass is 10.2. The second-order valence-electron chi connectivity index (χ2n) is 6.24. The number of esters is 1. The van der Waals surface area contributed by atoms with Gasteiger partial charge in [-0.1, -0.05) is 46.3 Å². The Hall–Kier alpha value is -2.92. The average molecular weight is 421 g/mol. The van der Waals surface area contributed by atoms with Gasteiger partial charge >= 0.3 is 5.97 Å². The van der Waals surface area contributed by atoms with Crippen LogP contribution in [0.1, 0.15) is 21.7 Å². The highest BCUT2D eigenvalue weighted by molar-refractivity contribution is 9.10. The molecule has 0 radical (unpaired) electrons. The molecular weight excluding hydrogens is 404 g/mol. The highest BCUT2D eigenvalue weighted by Crippen LogP contribution is 2.23. The zero-order valence-electron chi connectivity index (χ0n) is 14.7. The Morgan fingerprint density at radius 2 is 1.78 bits per heavy atom. The molecule has 1 heterocycles. The Balaban J connectivity index is 1.58. The molecule has 0 aliphatic heterocycles. The number of rotatable bonds is 4. The first-order chi connectivity index (χ1) is 13.1. The molecule has 0 amide bonds. The summed E-state index contributed by atoms with van der Waals surface area (Å²) in [7, 11) is 0. The molecule has 0 aliphatic rings. The smallest absolute Gasteiger partial charge is 0.338 e. The minimum absolute atomic E-state index is 0.238. The topological polar surface area (TPSA) is 44.1 Å². The predicted octanol–water partition coefficient (Wildman–Crippen LogP) is 5.45. The summed E-state index contributed by atoms with van der Waals surface area (Å²) in [5.74, 6) is 0.517. The van der Waals surface area contributed by atoms with Gasteiger partial charge in [-0.25, -0.2) is 9.78 Å². The normalized spacial score (nSPS) is 10.9. The highest BCUT2D eigenvalue weighted by Gasteiger charge is 2.13. The maximum absolute atomic E-state index is 12.4. The van der Waals surface area contributed by atoms with Crippen LogP contribution < -0.4 is 0 Å². The van der Waals surface area contributed by atoms with Crippen LogP contribution >= 0.6 is 15.9 Å². The fraction of sp³-hybridized carbons (Fsp3) is 0.0909. The van der Waals surface area contributed by atoms with Gasteiger partial charge in [-0.05, 0) is 55.0 Å². The molecule has 3 aromatic carbocycles. The second kappa shape index (κ2) is 7.37. The minimum Gasteiger partial charge on any atom is -0.457 e. The molecule has 0 unspecified atom stereocenters. The van der Waals surface area contributed by atoms with Crippen LogP contribution in [0, 0.1) is 6.92 Å². The van der Waals surface area contributed by atoms with Gasteiger partial charge in [0.05, 0.1) is 16.6 Å². The van der Waals surface area contributed by atoms with E-state index in [4.69, 9.17) is 4.74 Å². The lowest BCUT2D eigenvalue weighted by molar-refractivity contribution is 0.0473. The van der Waals surface area contributed by atoms with E-state index in [-0.39, 0.29) is 12.6 Å². The summed E-state index contributed by atoms with van der Waals surface area (Å²) >= 11 is 3.39. The van der Waals surface area contributed by atoms with Gasteiger partial charge < -0.3 is 4.74 Å². The number of aryl methyl sites for hydroxylation is 1. The molecule has 0 saturated heterocycles. The van der Waals surface area contributed by atoms with Crippen LogP contribution in [-0.4, -0.2) is 15.5 Å². The summed E-state index contributed by atoms with van der Waals surface area (Å²) in [6.07, 6.45) is 0. The summed E-state index contributed by atoms with van der Waals surface area (Å²) in [4.78, 5) is 17.0. The van der Waals surface area contributed by atoms with Crippen LogP contribution in [0.25, 0.3) is 16.7 Å². The average Bonchev–Trinajstić information content (AvgIpc) is 3.02. The van der Waals surface area contributed by atoms with Crippen LogP contribution in [0.5, 0.6) is 0 Å². The van der Waals surface area contributed by atoms with Crippen molar-refractivity contribution in [2.45, 2.75) is 13.5 Å². The van der Waals surface area contributed by atoms with Crippen LogP contribution in [-0.2, 0) is 11.3 Å². The highest BCUT2D eigenvalue weighted by atomic mass is 79.9. The van der Waals surface area contributed by atoms with Crippen molar-refractivity contribution in [1.82, 2.24) is 9.55 Å². The fourth-order valence-electron chi connectivity index (χ4n) is 3.04. The van der Waals surface area contributed by atoms with Crippen LogP contribution in [0.15, 0.2) is 77.3 Å². The molecule has 4 aromatic rings. The molecule has 5 heteroatoms. The van der Waals surface area contributed by atoms with Gasteiger partial charge in [0, 0.05) is 10.2 Å². The number of aromatic nitrogens is 2. The number of para-hydroxylation sites is 1. The van der Waals surface area contributed by atoms with Gasteiger partial charge in [-0.2, -0.15) is 0 Å². The number of nitrogens with zero attached hydrogens (tertiary/aromatic N) is 2. The number of carbonyl (C=O) groups excluding carboxylic acids is 1. The van der Waals surface area contributed by atoms with E-state index in [9.17, 15) is 4.79 Å². The Kier molecular flexibility index (Phi) is 4.77. The standard InChI is InChI=1S/C22H17BrN2O2/c1-15-24-20-13-17(22(26)27-14-16-7-10-18(23)11-8-16)9-12-21(20)25(15)19-5-3-2-4-6-19/h2-13H,14H2,1H3. The molecule has 0 N–H and O–H groups in total. The number of hydrogen-bond acceptors (Lipinski definition) is 3. The minimum atomic E-state index is -0.355. The summed E-state index contributed by atoms with van der Waals surface area (Å²) in [5, 5.41) is 0. The molecule has 4 nitrogen and oxygen atoms in total. The van der Waals surface area contributed by atoms with Gasteiger partial charge in [0.2, 0.25) is 0 Å². The maximum Gasteiger partial charge on any atom is 0.338 e. The van der Waals surface area contributed by atoms with E-state index in [1.807, 2.05) is 67.6 Å². The second-order valence-corrected chi connectivity index (χ2v) is 7.15. The van der Waals surface area contributed by atoms with Crippen molar-refractivity contribution in [3.05, 3.63) is 94.2 Å². The number of carbonyl (C=O) groups is 1. The Labute approximate surface area is 165 Å². The van der Waals surface area contributed by atoms with E-state index in [1.54, 1.807) is 12.1 Å². The molecule has 134 valence electrons. The lowest BCUT2D eigenvalue weighted by Gasteiger charge is -2.07. The van der Waals surface area contributed by atoms with Crippen molar-refractivity contribution < 1.29 is 9.53 Å². The zero-order valence-corrected chi connectivity index (χ0v) is 16.3.